The summed E-state index contributed by atoms with van der Waals surface area (Å²) in [4.78, 5) is 37.6. The normalized spacial score (nSPS) is 17.0. The Balaban J connectivity index is 1.62. The third-order valence-electron chi connectivity index (χ3n) is 4.96. The largest absolute Gasteiger partial charge is 0.477 e. The van der Waals surface area contributed by atoms with Crippen molar-refractivity contribution < 1.29 is 19.4 Å². The molecule has 0 aliphatic carbocycles. The second-order valence-electron chi connectivity index (χ2n) is 8.53. The average Bonchev–Trinajstić information content (AvgIpc) is 3.37. The van der Waals surface area contributed by atoms with Crippen molar-refractivity contribution in [2.24, 2.45) is 0 Å². The van der Waals surface area contributed by atoms with Gasteiger partial charge in [0.1, 0.15) is 21.1 Å². The molecule has 1 amide bonds. The summed E-state index contributed by atoms with van der Waals surface area (Å²) in [5.41, 5.74) is 1.74. The van der Waals surface area contributed by atoms with Gasteiger partial charge in [0.2, 0.25) is 0 Å². The number of aromatic carboxylic acids is 1. The summed E-state index contributed by atoms with van der Waals surface area (Å²) in [6, 6.07) is 1.94. The maximum Gasteiger partial charge on any atom is 0.410 e. The van der Waals surface area contributed by atoms with Gasteiger partial charge in [0, 0.05) is 36.9 Å². The number of anilines is 1. The second-order valence-corrected chi connectivity index (χ2v) is 9.56. The maximum atomic E-state index is 12.5. The van der Waals surface area contributed by atoms with Crippen molar-refractivity contribution in [1.29, 1.82) is 0 Å². The fourth-order valence-electron chi connectivity index (χ4n) is 3.61. The van der Waals surface area contributed by atoms with E-state index < -0.39 is 11.6 Å². The van der Waals surface area contributed by atoms with Crippen LogP contribution in [0.25, 0.3) is 21.6 Å². The molecule has 4 rings (SSSR count). The van der Waals surface area contributed by atoms with Crippen molar-refractivity contribution in [3.63, 3.8) is 0 Å². The summed E-state index contributed by atoms with van der Waals surface area (Å²) < 4.78 is 5.53. The number of carbonyl (C=O) groups is 2. The van der Waals surface area contributed by atoms with Crippen molar-refractivity contribution in [2.75, 3.05) is 18.4 Å². The molecule has 0 unspecified atom stereocenters. The van der Waals surface area contributed by atoms with Crippen LogP contribution in [0.2, 0.25) is 0 Å². The zero-order valence-corrected chi connectivity index (χ0v) is 18.5. The zero-order chi connectivity index (χ0) is 22.2. The van der Waals surface area contributed by atoms with Crippen LogP contribution in [-0.2, 0) is 4.74 Å². The van der Waals surface area contributed by atoms with Crippen LogP contribution in [0.4, 0.5) is 10.5 Å². The van der Waals surface area contributed by atoms with Gasteiger partial charge in [0.25, 0.3) is 0 Å². The first-order chi connectivity index (χ1) is 14.7. The van der Waals surface area contributed by atoms with E-state index in [0.717, 1.165) is 46.5 Å². The zero-order valence-electron chi connectivity index (χ0n) is 17.6. The van der Waals surface area contributed by atoms with Gasteiger partial charge in [-0.25, -0.2) is 19.6 Å². The van der Waals surface area contributed by atoms with Gasteiger partial charge in [-0.15, -0.1) is 11.3 Å². The summed E-state index contributed by atoms with van der Waals surface area (Å²) in [6.45, 7) is 6.74. The number of carboxylic acid groups (broad SMARTS) is 1. The molecule has 1 aliphatic rings. The number of fused-ring (bicyclic) bond motifs is 1. The van der Waals surface area contributed by atoms with Gasteiger partial charge in [-0.05, 0) is 39.7 Å². The molecule has 4 heterocycles. The fourth-order valence-corrected chi connectivity index (χ4v) is 4.39. The van der Waals surface area contributed by atoms with Crippen LogP contribution in [-0.4, -0.2) is 61.8 Å². The molecule has 1 saturated heterocycles. The second kappa shape index (κ2) is 8.18. The van der Waals surface area contributed by atoms with Gasteiger partial charge in [-0.3, -0.25) is 0 Å². The number of nitrogens with zero attached hydrogens (tertiary/aromatic N) is 3. The molecule has 0 bridgehead atoms. The number of aromatic nitrogens is 3. The topological polar surface area (TPSA) is 120 Å². The smallest absolute Gasteiger partial charge is 0.410 e. The van der Waals surface area contributed by atoms with Crippen molar-refractivity contribution in [2.45, 2.75) is 45.3 Å². The van der Waals surface area contributed by atoms with E-state index in [2.05, 4.69) is 20.3 Å². The first-order valence-corrected chi connectivity index (χ1v) is 10.9. The van der Waals surface area contributed by atoms with Crippen molar-refractivity contribution in [3.8, 4) is 10.6 Å². The third-order valence-corrected chi connectivity index (χ3v) is 5.97. The minimum absolute atomic E-state index is 0.0134. The number of hydrogen-bond donors (Lipinski definition) is 3. The van der Waals surface area contributed by atoms with Crippen molar-refractivity contribution in [1.82, 2.24) is 19.9 Å². The SMILES string of the molecule is CC(C)(C)OC(=O)N1CCC[C@@H](Nc2c(-c3ncc(C(=O)O)s3)cnc3[nH]ccc23)C1. The number of amides is 1. The predicted molar refractivity (Wildman–Crippen MR) is 119 cm³/mol. The summed E-state index contributed by atoms with van der Waals surface area (Å²) in [6.07, 6.45) is 6.30. The van der Waals surface area contributed by atoms with Gasteiger partial charge in [0.05, 0.1) is 17.4 Å². The first-order valence-electron chi connectivity index (χ1n) is 10.1. The quantitative estimate of drug-likeness (QED) is 0.553. The number of hydrogen-bond acceptors (Lipinski definition) is 7. The average molecular weight is 444 g/mol. The number of pyridine rings is 1. The Kier molecular flexibility index (Phi) is 5.57. The third kappa shape index (κ3) is 4.63. The number of nitrogens with one attached hydrogen (secondary N) is 2. The minimum Gasteiger partial charge on any atom is -0.477 e. The number of carboxylic acids is 1. The van der Waals surface area contributed by atoms with Crippen LogP contribution in [0, 0.1) is 0 Å². The van der Waals surface area contributed by atoms with E-state index in [1.165, 1.54) is 6.20 Å². The van der Waals surface area contributed by atoms with Crippen LogP contribution >= 0.6 is 11.3 Å². The summed E-state index contributed by atoms with van der Waals surface area (Å²) >= 11 is 1.11. The molecule has 0 aromatic carbocycles. The first kappa shape index (κ1) is 21.1. The molecular weight excluding hydrogens is 418 g/mol. The number of aromatic amines is 1. The van der Waals surface area contributed by atoms with E-state index in [9.17, 15) is 14.7 Å². The molecule has 9 nitrogen and oxygen atoms in total. The number of carbonyl (C=O) groups excluding carboxylic acids is 1. The van der Waals surface area contributed by atoms with E-state index in [0.29, 0.717) is 18.1 Å². The molecule has 0 spiro atoms. The van der Waals surface area contributed by atoms with Gasteiger partial charge in [-0.1, -0.05) is 0 Å². The molecule has 1 fully saturated rings. The lowest BCUT2D eigenvalue weighted by molar-refractivity contribution is 0.0206. The van der Waals surface area contributed by atoms with Crippen LogP contribution in [0.3, 0.4) is 0 Å². The lowest BCUT2D eigenvalue weighted by atomic mass is 10.0. The highest BCUT2D eigenvalue weighted by Gasteiger charge is 2.28. The highest BCUT2D eigenvalue weighted by Crippen LogP contribution is 2.36. The molecule has 31 heavy (non-hydrogen) atoms. The van der Waals surface area contributed by atoms with Crippen LogP contribution in [0.15, 0.2) is 24.7 Å². The van der Waals surface area contributed by atoms with Crippen LogP contribution in [0.5, 0.6) is 0 Å². The molecular formula is C21H25N5O4S. The van der Waals surface area contributed by atoms with Gasteiger partial charge in [0.15, 0.2) is 0 Å². The summed E-state index contributed by atoms with van der Waals surface area (Å²) in [7, 11) is 0. The number of piperidine rings is 1. The highest BCUT2D eigenvalue weighted by atomic mass is 32.1. The summed E-state index contributed by atoms with van der Waals surface area (Å²) in [5.74, 6) is -1.01. The van der Waals surface area contributed by atoms with E-state index in [1.807, 2.05) is 33.0 Å². The lowest BCUT2D eigenvalue weighted by Gasteiger charge is -2.35. The maximum absolute atomic E-state index is 12.5. The van der Waals surface area contributed by atoms with E-state index in [4.69, 9.17) is 4.74 Å². The number of H-pyrrole nitrogens is 1. The summed E-state index contributed by atoms with van der Waals surface area (Å²) in [5, 5.41) is 14.3. The molecule has 3 aromatic rings. The Morgan fingerprint density at radius 1 is 1.32 bits per heavy atom. The van der Waals surface area contributed by atoms with E-state index in [1.54, 1.807) is 11.1 Å². The molecule has 1 aliphatic heterocycles. The Hall–Kier alpha value is -3.14. The van der Waals surface area contributed by atoms with Crippen molar-refractivity contribution in [3.05, 3.63) is 29.5 Å². The number of likely N-dealkylation sites (tertiary alicyclic amines) is 1. The monoisotopic (exact) mass is 443 g/mol. The van der Waals surface area contributed by atoms with Crippen molar-refractivity contribution >= 4 is 40.1 Å². The highest BCUT2D eigenvalue weighted by molar-refractivity contribution is 7.16. The Morgan fingerprint density at radius 2 is 2.13 bits per heavy atom. The fraction of sp³-hybridized carbons (Fsp3) is 0.429. The number of thiazole rings is 1. The molecule has 0 saturated carbocycles. The van der Waals surface area contributed by atoms with Gasteiger partial charge >= 0.3 is 12.1 Å². The Labute approximate surface area is 183 Å². The van der Waals surface area contributed by atoms with Gasteiger partial charge in [-0.2, -0.15) is 0 Å². The number of ether oxygens (including phenoxy) is 1. The Morgan fingerprint density at radius 3 is 2.84 bits per heavy atom. The van der Waals surface area contributed by atoms with Gasteiger partial charge < -0.3 is 25.0 Å². The van der Waals surface area contributed by atoms with Crippen LogP contribution < -0.4 is 5.32 Å². The standard InChI is InChI=1S/C21H25N5O4S/c1-21(2,3)30-20(29)26-8-4-5-12(11-26)25-16-13-6-7-22-17(13)23-9-14(16)18-24-10-15(31-18)19(27)28/h6-7,9-10,12H,4-5,8,11H2,1-3H3,(H,27,28)(H2,22,23,25)/t12-/m1/s1. The predicted octanol–water partition coefficient (Wildman–Crippen LogP) is 4.20. The minimum atomic E-state index is -1.01. The molecule has 0 radical (unpaired) electrons. The molecule has 3 N–H and O–H groups in total. The van der Waals surface area contributed by atoms with E-state index >= 15 is 0 Å². The molecule has 164 valence electrons. The Bertz CT molecular complexity index is 1120. The number of rotatable bonds is 4. The lowest BCUT2D eigenvalue weighted by Crippen LogP contribution is -2.47. The molecule has 1 atom stereocenters. The molecule has 10 heteroatoms. The van der Waals surface area contributed by atoms with Crippen LogP contribution in [0.1, 0.15) is 43.3 Å². The van der Waals surface area contributed by atoms with E-state index in [-0.39, 0.29) is 17.0 Å². The molecule has 3 aromatic heterocycles.